The van der Waals surface area contributed by atoms with Gasteiger partial charge in [-0.1, -0.05) is 12.1 Å². The zero-order valence-electron chi connectivity index (χ0n) is 9.73. The van der Waals surface area contributed by atoms with E-state index in [0.29, 0.717) is 0 Å². The third-order valence-electron chi connectivity index (χ3n) is 2.20. The SMILES string of the molecule is CSc1ccc(C(NC(C)C)C(=O)O)cc1. The second-order valence-corrected chi connectivity index (χ2v) is 4.75. The van der Waals surface area contributed by atoms with Crippen molar-refractivity contribution in [1.29, 1.82) is 0 Å². The molecule has 0 saturated carbocycles. The summed E-state index contributed by atoms with van der Waals surface area (Å²) in [5.74, 6) is -0.842. The van der Waals surface area contributed by atoms with Gasteiger partial charge in [0.2, 0.25) is 0 Å². The van der Waals surface area contributed by atoms with Crippen molar-refractivity contribution in [3.05, 3.63) is 29.8 Å². The van der Waals surface area contributed by atoms with Gasteiger partial charge in [-0.3, -0.25) is 10.1 Å². The summed E-state index contributed by atoms with van der Waals surface area (Å²) < 4.78 is 0. The van der Waals surface area contributed by atoms with Crippen LogP contribution in [-0.4, -0.2) is 23.4 Å². The minimum absolute atomic E-state index is 0.140. The summed E-state index contributed by atoms with van der Waals surface area (Å²) in [5, 5.41) is 12.2. The van der Waals surface area contributed by atoms with Crippen LogP contribution in [0.25, 0.3) is 0 Å². The van der Waals surface area contributed by atoms with Gasteiger partial charge in [0.25, 0.3) is 0 Å². The lowest BCUT2D eigenvalue weighted by molar-refractivity contribution is -0.139. The number of rotatable bonds is 5. The number of carboxylic acid groups (broad SMARTS) is 1. The number of carbonyl (C=O) groups is 1. The van der Waals surface area contributed by atoms with E-state index in [2.05, 4.69) is 5.32 Å². The van der Waals surface area contributed by atoms with E-state index in [1.54, 1.807) is 11.8 Å². The fourth-order valence-corrected chi connectivity index (χ4v) is 1.85. The minimum atomic E-state index is -0.842. The molecule has 0 aromatic heterocycles. The summed E-state index contributed by atoms with van der Waals surface area (Å²) in [4.78, 5) is 12.3. The monoisotopic (exact) mass is 239 g/mol. The van der Waals surface area contributed by atoms with Crippen LogP contribution in [0.4, 0.5) is 0 Å². The van der Waals surface area contributed by atoms with E-state index >= 15 is 0 Å². The number of hydrogen-bond acceptors (Lipinski definition) is 3. The standard InChI is InChI=1S/C12H17NO2S/c1-8(2)13-11(12(14)15)9-4-6-10(16-3)7-5-9/h4-8,11,13H,1-3H3,(H,14,15). The van der Waals surface area contributed by atoms with Crippen LogP contribution in [0.5, 0.6) is 0 Å². The number of thioether (sulfide) groups is 1. The molecule has 0 spiro atoms. The average Bonchev–Trinajstić information content (AvgIpc) is 2.25. The highest BCUT2D eigenvalue weighted by Crippen LogP contribution is 2.19. The quantitative estimate of drug-likeness (QED) is 0.775. The molecule has 1 unspecified atom stereocenters. The first-order valence-electron chi connectivity index (χ1n) is 5.17. The Morgan fingerprint density at radius 2 is 1.88 bits per heavy atom. The van der Waals surface area contributed by atoms with E-state index < -0.39 is 12.0 Å². The second kappa shape index (κ2) is 5.92. The first kappa shape index (κ1) is 13.1. The number of benzene rings is 1. The maximum Gasteiger partial charge on any atom is 0.325 e. The van der Waals surface area contributed by atoms with Crippen LogP contribution in [-0.2, 0) is 4.79 Å². The van der Waals surface area contributed by atoms with Crippen molar-refractivity contribution in [1.82, 2.24) is 5.32 Å². The normalized spacial score (nSPS) is 12.8. The highest BCUT2D eigenvalue weighted by Gasteiger charge is 2.19. The molecule has 3 nitrogen and oxygen atoms in total. The highest BCUT2D eigenvalue weighted by atomic mass is 32.2. The van der Waals surface area contributed by atoms with E-state index in [1.165, 1.54) is 0 Å². The smallest absolute Gasteiger partial charge is 0.325 e. The van der Waals surface area contributed by atoms with Gasteiger partial charge in [-0.25, -0.2) is 0 Å². The van der Waals surface area contributed by atoms with Crippen LogP contribution >= 0.6 is 11.8 Å². The second-order valence-electron chi connectivity index (χ2n) is 3.87. The molecule has 0 aliphatic rings. The number of aliphatic carboxylic acids is 1. The van der Waals surface area contributed by atoms with Gasteiger partial charge in [-0.2, -0.15) is 0 Å². The minimum Gasteiger partial charge on any atom is -0.480 e. The predicted octanol–water partition coefficient (Wildman–Crippen LogP) is 2.53. The average molecular weight is 239 g/mol. The largest absolute Gasteiger partial charge is 0.480 e. The Hall–Kier alpha value is -1.00. The molecule has 0 radical (unpaired) electrons. The zero-order chi connectivity index (χ0) is 12.1. The highest BCUT2D eigenvalue weighted by molar-refractivity contribution is 7.98. The van der Waals surface area contributed by atoms with E-state index in [9.17, 15) is 4.79 Å². The first-order chi connectivity index (χ1) is 7.54. The van der Waals surface area contributed by atoms with Gasteiger partial charge in [0.05, 0.1) is 0 Å². The van der Waals surface area contributed by atoms with Crippen molar-refractivity contribution in [2.24, 2.45) is 0 Å². The first-order valence-corrected chi connectivity index (χ1v) is 6.40. The molecular formula is C12H17NO2S. The van der Waals surface area contributed by atoms with Crippen molar-refractivity contribution >= 4 is 17.7 Å². The molecule has 2 N–H and O–H groups in total. The van der Waals surface area contributed by atoms with Crippen LogP contribution in [0.1, 0.15) is 25.5 Å². The maximum absolute atomic E-state index is 11.1. The Bertz CT molecular complexity index is 349. The molecule has 0 heterocycles. The lowest BCUT2D eigenvalue weighted by Gasteiger charge is -2.17. The number of carboxylic acids is 1. The Kier molecular flexibility index (Phi) is 4.83. The van der Waals surface area contributed by atoms with Gasteiger partial charge < -0.3 is 5.11 Å². The summed E-state index contributed by atoms with van der Waals surface area (Å²) >= 11 is 1.64. The number of hydrogen-bond donors (Lipinski definition) is 2. The van der Waals surface area contributed by atoms with Crippen molar-refractivity contribution < 1.29 is 9.90 Å². The molecule has 0 fully saturated rings. The van der Waals surface area contributed by atoms with E-state index in [4.69, 9.17) is 5.11 Å². The van der Waals surface area contributed by atoms with Gasteiger partial charge in [-0.15, -0.1) is 11.8 Å². The fraction of sp³-hybridized carbons (Fsp3) is 0.417. The summed E-state index contributed by atoms with van der Waals surface area (Å²) in [6.45, 7) is 3.87. The third-order valence-corrected chi connectivity index (χ3v) is 2.94. The van der Waals surface area contributed by atoms with Crippen LogP contribution in [0, 0.1) is 0 Å². The molecule has 0 saturated heterocycles. The molecule has 88 valence electrons. The fourth-order valence-electron chi connectivity index (χ4n) is 1.44. The van der Waals surface area contributed by atoms with Gasteiger partial charge in [0.15, 0.2) is 0 Å². The molecule has 4 heteroatoms. The molecule has 16 heavy (non-hydrogen) atoms. The van der Waals surface area contributed by atoms with Gasteiger partial charge >= 0.3 is 5.97 Å². The Labute approximate surface area is 100 Å². The molecule has 1 aromatic carbocycles. The lowest BCUT2D eigenvalue weighted by atomic mass is 10.1. The topological polar surface area (TPSA) is 49.3 Å². The predicted molar refractivity (Wildman–Crippen MR) is 66.9 cm³/mol. The molecule has 1 aromatic rings. The Morgan fingerprint density at radius 1 is 1.31 bits per heavy atom. The third kappa shape index (κ3) is 3.54. The molecule has 1 rings (SSSR count). The molecule has 0 bridgehead atoms. The summed E-state index contributed by atoms with van der Waals surface area (Å²) in [6.07, 6.45) is 2.00. The molecule has 0 aliphatic carbocycles. The van der Waals surface area contributed by atoms with E-state index in [-0.39, 0.29) is 6.04 Å². The van der Waals surface area contributed by atoms with Gasteiger partial charge in [0, 0.05) is 10.9 Å². The van der Waals surface area contributed by atoms with Crippen LogP contribution in [0.3, 0.4) is 0 Å². The molecule has 1 atom stereocenters. The van der Waals surface area contributed by atoms with Gasteiger partial charge in [-0.05, 0) is 37.8 Å². The van der Waals surface area contributed by atoms with Crippen LogP contribution < -0.4 is 5.32 Å². The van der Waals surface area contributed by atoms with Crippen molar-refractivity contribution in [3.63, 3.8) is 0 Å². The van der Waals surface area contributed by atoms with Crippen molar-refractivity contribution in [2.75, 3.05) is 6.26 Å². The maximum atomic E-state index is 11.1. The summed E-state index contributed by atoms with van der Waals surface area (Å²) in [5.41, 5.74) is 0.791. The van der Waals surface area contributed by atoms with E-state index in [0.717, 1.165) is 10.5 Å². The van der Waals surface area contributed by atoms with Crippen molar-refractivity contribution in [2.45, 2.75) is 30.8 Å². The molecule has 0 aliphatic heterocycles. The van der Waals surface area contributed by atoms with Crippen LogP contribution in [0.15, 0.2) is 29.2 Å². The van der Waals surface area contributed by atoms with Crippen molar-refractivity contribution in [3.8, 4) is 0 Å². The Morgan fingerprint density at radius 3 is 2.25 bits per heavy atom. The Balaban J connectivity index is 2.88. The lowest BCUT2D eigenvalue weighted by Crippen LogP contribution is -2.33. The van der Waals surface area contributed by atoms with E-state index in [1.807, 2.05) is 44.4 Å². The summed E-state index contributed by atoms with van der Waals surface area (Å²) in [7, 11) is 0. The van der Waals surface area contributed by atoms with Gasteiger partial charge in [0.1, 0.15) is 6.04 Å². The number of nitrogens with one attached hydrogen (secondary N) is 1. The van der Waals surface area contributed by atoms with Crippen LogP contribution in [0.2, 0.25) is 0 Å². The summed E-state index contributed by atoms with van der Waals surface area (Å²) in [6, 6.07) is 7.12. The molecule has 0 amide bonds. The zero-order valence-corrected chi connectivity index (χ0v) is 10.5. The molecular weight excluding hydrogens is 222 g/mol.